The Hall–Kier alpha value is -3.54. The number of hydrogen-bond acceptors (Lipinski definition) is 5. The molecule has 128 valence electrons. The number of benzene rings is 2. The molecule has 0 aliphatic carbocycles. The van der Waals surface area contributed by atoms with Crippen molar-refractivity contribution < 1.29 is 9.13 Å². The van der Waals surface area contributed by atoms with Gasteiger partial charge in [-0.3, -0.25) is 4.98 Å². The zero-order valence-electron chi connectivity index (χ0n) is 14.0. The minimum absolute atomic E-state index is 0.366. The van der Waals surface area contributed by atoms with Gasteiger partial charge in [-0.1, -0.05) is 12.1 Å². The average Bonchev–Trinajstić information content (AvgIpc) is 2.68. The lowest BCUT2D eigenvalue weighted by atomic mass is 9.97. The number of pyridine rings is 1. The number of fused-ring (bicyclic) bond motifs is 1. The highest BCUT2D eigenvalue weighted by Crippen LogP contribution is 2.35. The maximum absolute atomic E-state index is 14.5. The lowest BCUT2D eigenvalue weighted by Gasteiger charge is -2.12. The van der Waals surface area contributed by atoms with E-state index in [0.717, 1.165) is 22.0 Å². The van der Waals surface area contributed by atoms with Gasteiger partial charge in [0.15, 0.2) is 0 Å². The normalized spacial score (nSPS) is 10.8. The van der Waals surface area contributed by atoms with Gasteiger partial charge < -0.3 is 10.5 Å². The van der Waals surface area contributed by atoms with E-state index in [0.29, 0.717) is 22.8 Å². The van der Waals surface area contributed by atoms with Crippen molar-refractivity contribution in [2.75, 3.05) is 12.8 Å². The molecule has 0 saturated carbocycles. The van der Waals surface area contributed by atoms with Crippen LogP contribution in [0.2, 0.25) is 0 Å². The Bertz CT molecular complexity index is 1110. The molecule has 0 aliphatic heterocycles. The number of methoxy groups -OCH3 is 1. The zero-order valence-corrected chi connectivity index (χ0v) is 14.0. The Kier molecular flexibility index (Phi) is 3.93. The number of rotatable bonds is 3. The molecule has 0 bridgehead atoms. The van der Waals surface area contributed by atoms with Gasteiger partial charge in [0.25, 0.3) is 0 Å². The first-order chi connectivity index (χ1) is 12.7. The van der Waals surface area contributed by atoms with Crippen molar-refractivity contribution in [3.63, 3.8) is 0 Å². The van der Waals surface area contributed by atoms with Gasteiger partial charge in [-0.15, -0.1) is 0 Å². The fourth-order valence-corrected chi connectivity index (χ4v) is 2.91. The van der Waals surface area contributed by atoms with Crippen LogP contribution in [0.4, 0.5) is 10.2 Å². The van der Waals surface area contributed by atoms with Crippen molar-refractivity contribution in [2.24, 2.45) is 0 Å². The molecule has 5 nitrogen and oxygen atoms in total. The van der Waals surface area contributed by atoms with Gasteiger partial charge in [-0.05, 0) is 42.0 Å². The molecule has 26 heavy (non-hydrogen) atoms. The average molecular weight is 346 g/mol. The molecule has 2 aromatic heterocycles. The minimum atomic E-state index is -0.366. The second-order valence-electron chi connectivity index (χ2n) is 5.74. The van der Waals surface area contributed by atoms with Crippen molar-refractivity contribution in [3.05, 3.63) is 66.9 Å². The molecule has 4 aromatic rings. The molecule has 4 rings (SSSR count). The highest BCUT2D eigenvalue weighted by Gasteiger charge is 2.14. The summed E-state index contributed by atoms with van der Waals surface area (Å²) in [5.74, 6) is 0.596. The molecular weight excluding hydrogens is 331 g/mol. The quantitative estimate of drug-likeness (QED) is 0.605. The molecular formula is C20H15FN4O. The lowest BCUT2D eigenvalue weighted by Crippen LogP contribution is -1.95. The minimum Gasteiger partial charge on any atom is -0.497 e. The van der Waals surface area contributed by atoms with E-state index in [1.165, 1.54) is 12.4 Å². The predicted molar refractivity (Wildman–Crippen MR) is 99.1 cm³/mol. The summed E-state index contributed by atoms with van der Waals surface area (Å²) in [6.45, 7) is 0. The first-order valence-electron chi connectivity index (χ1n) is 7.97. The van der Waals surface area contributed by atoms with Gasteiger partial charge >= 0.3 is 0 Å². The van der Waals surface area contributed by atoms with Crippen LogP contribution in [0.3, 0.4) is 0 Å². The first kappa shape index (κ1) is 16.0. The molecule has 0 spiro atoms. The van der Waals surface area contributed by atoms with Crippen molar-refractivity contribution in [3.8, 4) is 28.1 Å². The summed E-state index contributed by atoms with van der Waals surface area (Å²) in [6.07, 6.45) is 3.06. The zero-order chi connectivity index (χ0) is 18.1. The third-order valence-corrected chi connectivity index (χ3v) is 4.21. The molecule has 2 heterocycles. The highest BCUT2D eigenvalue weighted by molar-refractivity contribution is 5.93. The van der Waals surface area contributed by atoms with Gasteiger partial charge in [0.2, 0.25) is 0 Å². The maximum atomic E-state index is 14.5. The van der Waals surface area contributed by atoms with E-state index in [2.05, 4.69) is 15.0 Å². The largest absolute Gasteiger partial charge is 0.497 e. The molecule has 6 heteroatoms. The third kappa shape index (κ3) is 2.71. The van der Waals surface area contributed by atoms with Crippen LogP contribution in [-0.4, -0.2) is 22.1 Å². The molecule has 2 N–H and O–H groups in total. The number of ether oxygens (including phenoxy) is 1. The maximum Gasteiger partial charge on any atom is 0.134 e. The Morgan fingerprint density at radius 2 is 1.85 bits per heavy atom. The summed E-state index contributed by atoms with van der Waals surface area (Å²) in [5.41, 5.74) is 9.25. The Labute approximate surface area is 149 Å². The molecule has 0 atom stereocenters. The van der Waals surface area contributed by atoms with Crippen LogP contribution in [0.15, 0.2) is 61.1 Å². The van der Waals surface area contributed by atoms with Gasteiger partial charge in [0.05, 0.1) is 18.3 Å². The van der Waals surface area contributed by atoms with E-state index >= 15 is 0 Å². The second kappa shape index (κ2) is 6.40. The molecule has 0 radical (unpaired) electrons. The van der Waals surface area contributed by atoms with E-state index < -0.39 is 0 Å². The van der Waals surface area contributed by atoms with Crippen LogP contribution in [0.25, 0.3) is 33.3 Å². The lowest BCUT2D eigenvalue weighted by molar-refractivity contribution is 0.414. The number of hydrogen-bond donors (Lipinski definition) is 1. The van der Waals surface area contributed by atoms with E-state index in [1.54, 1.807) is 25.4 Å². The Morgan fingerprint density at radius 3 is 2.69 bits per heavy atom. The van der Waals surface area contributed by atoms with E-state index in [4.69, 9.17) is 10.5 Å². The highest BCUT2D eigenvalue weighted by atomic mass is 19.1. The molecule has 0 amide bonds. The Morgan fingerprint density at radius 1 is 0.962 bits per heavy atom. The van der Waals surface area contributed by atoms with Crippen molar-refractivity contribution >= 4 is 16.7 Å². The first-order valence-corrected chi connectivity index (χ1v) is 7.97. The van der Waals surface area contributed by atoms with Crippen molar-refractivity contribution in [2.45, 2.75) is 0 Å². The number of nitrogens with zero attached hydrogens (tertiary/aromatic N) is 3. The monoisotopic (exact) mass is 346 g/mol. The smallest absolute Gasteiger partial charge is 0.134 e. The van der Waals surface area contributed by atoms with Crippen molar-refractivity contribution in [1.82, 2.24) is 15.0 Å². The number of nitrogen functional groups attached to an aromatic ring is 1. The van der Waals surface area contributed by atoms with Crippen LogP contribution in [0.1, 0.15) is 0 Å². The number of halogens is 1. The predicted octanol–water partition coefficient (Wildman–Crippen LogP) is 4.09. The van der Waals surface area contributed by atoms with Gasteiger partial charge in [0, 0.05) is 22.7 Å². The topological polar surface area (TPSA) is 73.9 Å². The standard InChI is InChI=1S/C20H15FN4O/c1-26-13-5-6-17(21)15(10-13)19-14(3-2-8-23-19)12-4-7-18-16(9-12)20(22)25-11-24-18/h2-11H,1H3,(H2,22,24,25). The van der Waals surface area contributed by atoms with Crippen molar-refractivity contribution in [1.29, 1.82) is 0 Å². The summed E-state index contributed by atoms with van der Waals surface area (Å²) in [7, 11) is 1.54. The number of anilines is 1. The summed E-state index contributed by atoms with van der Waals surface area (Å²) in [5, 5.41) is 0.742. The fraction of sp³-hybridized carbons (Fsp3) is 0.0500. The molecule has 0 unspecified atom stereocenters. The SMILES string of the molecule is COc1ccc(F)c(-c2ncccc2-c2ccc3ncnc(N)c3c2)c1. The second-order valence-corrected chi connectivity index (χ2v) is 5.74. The third-order valence-electron chi connectivity index (χ3n) is 4.21. The van der Waals surface area contributed by atoms with Gasteiger partial charge in [-0.2, -0.15) is 0 Å². The summed E-state index contributed by atoms with van der Waals surface area (Å²) >= 11 is 0. The summed E-state index contributed by atoms with van der Waals surface area (Å²) < 4.78 is 19.7. The van der Waals surface area contributed by atoms with Crippen LogP contribution in [0, 0.1) is 5.82 Å². The van der Waals surface area contributed by atoms with Crippen LogP contribution < -0.4 is 10.5 Å². The molecule has 2 aromatic carbocycles. The summed E-state index contributed by atoms with van der Waals surface area (Å²) in [6, 6.07) is 14.0. The van der Waals surface area contributed by atoms with Gasteiger partial charge in [0.1, 0.15) is 23.7 Å². The molecule has 0 fully saturated rings. The van der Waals surface area contributed by atoms with Crippen LogP contribution >= 0.6 is 0 Å². The summed E-state index contributed by atoms with van der Waals surface area (Å²) in [4.78, 5) is 12.7. The molecule has 0 saturated heterocycles. The van der Waals surface area contributed by atoms with Crippen LogP contribution in [-0.2, 0) is 0 Å². The number of aromatic nitrogens is 3. The van der Waals surface area contributed by atoms with E-state index in [-0.39, 0.29) is 5.82 Å². The number of nitrogens with two attached hydrogens (primary N) is 1. The molecule has 0 aliphatic rings. The van der Waals surface area contributed by atoms with E-state index in [9.17, 15) is 4.39 Å². The Balaban J connectivity index is 1.94. The fourth-order valence-electron chi connectivity index (χ4n) is 2.91. The van der Waals surface area contributed by atoms with Gasteiger partial charge in [-0.25, -0.2) is 14.4 Å². The van der Waals surface area contributed by atoms with Crippen LogP contribution in [0.5, 0.6) is 5.75 Å². The van der Waals surface area contributed by atoms with E-state index in [1.807, 2.05) is 30.3 Å².